The fraction of sp³-hybridized carbons (Fsp3) is 0.391. The number of hydrogen-bond donors (Lipinski definition) is 3. The molecule has 2 rings (SSSR count). The molecule has 0 aliphatic carbocycles. The summed E-state index contributed by atoms with van der Waals surface area (Å²) in [4.78, 5) is 22.2. The Balaban J connectivity index is 2.03. The fourth-order valence-corrected chi connectivity index (χ4v) is 2.89. The second-order valence-electron chi connectivity index (χ2n) is 7.25. The third-order valence-corrected chi connectivity index (χ3v) is 4.80. The number of carbonyl (C=O) groups excluding carboxylic acids is 1. The van der Waals surface area contributed by atoms with Gasteiger partial charge in [0.2, 0.25) is 5.91 Å². The minimum absolute atomic E-state index is 0.0387. The minimum Gasteiger partial charge on any atom is -0.389 e. The number of benzene rings is 1. The first kappa shape index (κ1) is 25.6. The smallest absolute Gasteiger partial charge is 0.225 e. The molecule has 33 heavy (non-hydrogen) atoms. The number of carbonyl (C=O) groups is 1. The first-order valence-corrected chi connectivity index (χ1v) is 10.8. The molecule has 10 heteroatoms. The Kier molecular flexibility index (Phi) is 10.6. The van der Waals surface area contributed by atoms with Gasteiger partial charge in [-0.25, -0.2) is 9.99 Å². The number of nitrogens with one attached hydrogen (secondary N) is 3. The van der Waals surface area contributed by atoms with Crippen molar-refractivity contribution in [3.05, 3.63) is 59.8 Å². The van der Waals surface area contributed by atoms with Crippen LogP contribution in [0.1, 0.15) is 37.9 Å². The number of nitrogens with zero attached hydrogens (tertiary/aromatic N) is 4. The maximum atomic E-state index is 12.4. The van der Waals surface area contributed by atoms with Gasteiger partial charge in [-0.3, -0.25) is 10.2 Å². The first-order chi connectivity index (χ1) is 16.0. The highest BCUT2D eigenvalue weighted by atomic mass is 16.6. The molecule has 3 N–H and O–H groups in total. The van der Waals surface area contributed by atoms with Gasteiger partial charge in [0, 0.05) is 32.2 Å². The van der Waals surface area contributed by atoms with E-state index < -0.39 is 0 Å². The molecule has 176 valence electrons. The van der Waals surface area contributed by atoms with E-state index in [1.165, 1.54) is 7.05 Å². The number of anilines is 1. The number of amidine groups is 1. The van der Waals surface area contributed by atoms with Gasteiger partial charge in [-0.1, -0.05) is 60.1 Å². The molecule has 1 aromatic carbocycles. The highest BCUT2D eigenvalue weighted by Crippen LogP contribution is 2.13. The second kappa shape index (κ2) is 13.7. The summed E-state index contributed by atoms with van der Waals surface area (Å²) in [5, 5.41) is 19.5. The predicted molar refractivity (Wildman–Crippen MR) is 126 cm³/mol. The van der Waals surface area contributed by atoms with Crippen LogP contribution in [0.3, 0.4) is 0 Å². The zero-order valence-corrected chi connectivity index (χ0v) is 19.2. The predicted octanol–water partition coefficient (Wildman–Crippen LogP) is 4.25. The van der Waals surface area contributed by atoms with Crippen molar-refractivity contribution in [2.24, 2.45) is 16.3 Å². The molecular weight excluding hydrogens is 422 g/mol. The Hall–Kier alpha value is -3.66. The Morgan fingerprint density at radius 3 is 2.61 bits per heavy atom. The number of pyridine rings is 1. The van der Waals surface area contributed by atoms with Crippen LogP contribution in [0.15, 0.2) is 58.9 Å². The quantitative estimate of drug-likeness (QED) is 0.180. The van der Waals surface area contributed by atoms with Crippen molar-refractivity contribution in [3.8, 4) is 0 Å². The van der Waals surface area contributed by atoms with Gasteiger partial charge < -0.3 is 14.9 Å². The van der Waals surface area contributed by atoms with E-state index >= 15 is 0 Å². The van der Waals surface area contributed by atoms with E-state index in [9.17, 15) is 4.79 Å². The monoisotopic (exact) mass is 453 g/mol. The average molecular weight is 454 g/mol. The number of oxime groups is 1. The molecule has 0 aliphatic rings. The minimum atomic E-state index is -0.118. The van der Waals surface area contributed by atoms with Gasteiger partial charge in [0.25, 0.3) is 0 Å². The molecule has 0 saturated heterocycles. The summed E-state index contributed by atoms with van der Waals surface area (Å²) >= 11 is 0. The number of amides is 1. The normalized spacial score (nSPS) is 12.0. The molecule has 0 radical (unpaired) electrons. The summed E-state index contributed by atoms with van der Waals surface area (Å²) in [6.45, 7) is 5.19. The van der Waals surface area contributed by atoms with Crippen molar-refractivity contribution >= 4 is 23.3 Å². The molecule has 0 spiro atoms. The molecule has 10 nitrogen and oxygen atoms in total. The maximum Gasteiger partial charge on any atom is 0.225 e. The largest absolute Gasteiger partial charge is 0.389 e. The molecule has 2 aromatic rings. The van der Waals surface area contributed by atoms with Gasteiger partial charge in [0.15, 0.2) is 18.2 Å². The van der Waals surface area contributed by atoms with E-state index in [0.717, 1.165) is 11.4 Å². The van der Waals surface area contributed by atoms with Crippen molar-refractivity contribution in [1.82, 2.24) is 9.99 Å². The van der Waals surface area contributed by atoms with Crippen LogP contribution in [-0.2, 0) is 21.0 Å². The molecule has 1 atom stereocenters. The van der Waals surface area contributed by atoms with Gasteiger partial charge >= 0.3 is 0 Å². The lowest BCUT2D eigenvalue weighted by Crippen LogP contribution is -2.29. The van der Waals surface area contributed by atoms with Crippen LogP contribution in [0.2, 0.25) is 0 Å². The summed E-state index contributed by atoms with van der Waals surface area (Å²) < 4.78 is 5.43. The van der Waals surface area contributed by atoms with E-state index in [-0.39, 0.29) is 30.0 Å². The highest BCUT2D eigenvalue weighted by molar-refractivity contribution is 6.46. The Morgan fingerprint density at radius 2 is 1.94 bits per heavy atom. The number of ether oxygens (including phenoxy) is 1. The van der Waals surface area contributed by atoms with Gasteiger partial charge in [0.05, 0.1) is 5.69 Å². The van der Waals surface area contributed by atoms with E-state index in [2.05, 4.69) is 20.7 Å². The average Bonchev–Trinajstić information content (AvgIpc) is 2.84. The zero-order chi connectivity index (χ0) is 24.1. The number of hydrogen-bond acceptors (Lipinski definition) is 8. The zero-order valence-electron chi connectivity index (χ0n) is 19.2. The van der Waals surface area contributed by atoms with Gasteiger partial charge in [0.1, 0.15) is 5.82 Å². The van der Waals surface area contributed by atoms with Crippen LogP contribution in [0.4, 0.5) is 5.82 Å². The van der Waals surface area contributed by atoms with Crippen molar-refractivity contribution in [1.29, 1.82) is 10.9 Å². The van der Waals surface area contributed by atoms with E-state index in [0.29, 0.717) is 36.7 Å². The van der Waals surface area contributed by atoms with Crippen LogP contribution in [-0.4, -0.2) is 47.7 Å². The van der Waals surface area contributed by atoms with Gasteiger partial charge in [-0.05, 0) is 25.0 Å². The molecule has 0 aliphatic heterocycles. The van der Waals surface area contributed by atoms with Crippen molar-refractivity contribution in [2.45, 2.75) is 33.3 Å². The van der Waals surface area contributed by atoms with Crippen LogP contribution < -0.4 is 5.32 Å². The van der Waals surface area contributed by atoms with Crippen LogP contribution in [0, 0.1) is 16.9 Å². The van der Waals surface area contributed by atoms with Crippen molar-refractivity contribution < 1.29 is 14.4 Å². The molecular formula is C23H31N7O3. The number of rotatable bonds is 13. The van der Waals surface area contributed by atoms with Crippen LogP contribution in [0.25, 0.3) is 0 Å². The Bertz CT molecular complexity index is 950. The summed E-state index contributed by atoms with van der Waals surface area (Å²) in [7, 11) is 1.49. The lowest BCUT2D eigenvalue weighted by molar-refractivity contribution is -0.117. The second-order valence-corrected chi connectivity index (χ2v) is 7.25. The van der Waals surface area contributed by atoms with Crippen molar-refractivity contribution in [2.75, 3.05) is 25.6 Å². The summed E-state index contributed by atoms with van der Waals surface area (Å²) in [6.07, 6.45) is 1.22. The summed E-state index contributed by atoms with van der Waals surface area (Å²) in [5.74, 6) is 0.390. The summed E-state index contributed by atoms with van der Waals surface area (Å²) in [6, 6.07) is 14.3. The lowest BCUT2D eigenvalue weighted by atomic mass is 10.0. The third kappa shape index (κ3) is 8.41. The number of aromatic nitrogens is 1. The number of likely N-dealkylation sites (N-methyl/N-ethyl adjacent to an activating group) is 1. The molecule has 1 unspecified atom stereocenters. The maximum absolute atomic E-state index is 12.4. The Morgan fingerprint density at radius 1 is 1.18 bits per heavy atom. The molecule has 1 amide bonds. The molecule has 0 saturated carbocycles. The molecule has 1 aromatic heterocycles. The SMILES string of the molecule is CCOCC(CC)CC(=O)Nc1cccc(CO/N=C(\C(=N)N(C)N=N)c2ccccc2)n1. The van der Waals surface area contributed by atoms with E-state index in [4.69, 9.17) is 20.5 Å². The Labute approximate surface area is 194 Å². The van der Waals surface area contributed by atoms with Crippen molar-refractivity contribution in [3.63, 3.8) is 0 Å². The fourth-order valence-electron chi connectivity index (χ4n) is 2.89. The molecule has 1 heterocycles. The van der Waals surface area contributed by atoms with Gasteiger partial charge in [-0.2, -0.15) is 5.53 Å². The first-order valence-electron chi connectivity index (χ1n) is 10.8. The molecule has 0 fully saturated rings. The van der Waals surface area contributed by atoms with Gasteiger partial charge in [-0.15, -0.1) is 0 Å². The molecule has 0 bridgehead atoms. The van der Waals surface area contributed by atoms with E-state index in [1.807, 2.05) is 32.0 Å². The van der Waals surface area contributed by atoms with E-state index in [1.54, 1.807) is 30.3 Å². The third-order valence-electron chi connectivity index (χ3n) is 4.80. The van der Waals surface area contributed by atoms with Crippen LogP contribution in [0.5, 0.6) is 0 Å². The summed E-state index contributed by atoms with van der Waals surface area (Å²) in [5.41, 5.74) is 8.59. The lowest BCUT2D eigenvalue weighted by Gasteiger charge is -2.14. The standard InChI is InChI=1S/C23H31N7O3/c1-4-17(15-32-5-2)14-21(31)27-20-13-9-12-19(26-20)16-33-28-22(23(24)30(3)29-25)18-10-7-6-8-11-18/h6-13,17,24-25H,4-5,14-16H2,1-3H3,(H,26,27,31)/b24-23?,28-22-,29-25?. The topological polar surface area (TPSA) is 136 Å². The van der Waals surface area contributed by atoms with Crippen LogP contribution >= 0.6 is 0 Å². The highest BCUT2D eigenvalue weighted by Gasteiger charge is 2.16.